The quantitative estimate of drug-likeness (QED) is 0.0842. The number of halogens is 2. The highest BCUT2D eigenvalue weighted by Crippen LogP contribution is 2.61. The summed E-state index contributed by atoms with van der Waals surface area (Å²) in [4.78, 5) is 97.2. The molecule has 36 nitrogen and oxygen atoms in total. The van der Waals surface area contributed by atoms with E-state index in [1.54, 1.807) is 13.8 Å². The maximum atomic E-state index is 16.1. The molecule has 8 aromatic rings. The largest absolute Gasteiger partial charge is 0.396 e. The number of rotatable bonds is 6. The summed E-state index contributed by atoms with van der Waals surface area (Å²) >= 11 is 21.8. The number of aromatic amines is 2. The molecule has 11 N–H and O–H groups in total. The predicted molar refractivity (Wildman–Crippen MR) is 342 cm³/mol. The molecule has 14 heterocycles. The summed E-state index contributed by atoms with van der Waals surface area (Å²) in [7, 11) is 0. The van der Waals surface area contributed by atoms with Crippen LogP contribution in [0.15, 0.2) is 34.9 Å². The summed E-state index contributed by atoms with van der Waals surface area (Å²) in [5, 5.41) is 20.7. The molecule has 0 spiro atoms. The highest BCUT2D eigenvalue weighted by Gasteiger charge is 2.56. The van der Waals surface area contributed by atoms with Crippen LogP contribution in [0.5, 0.6) is 0 Å². The monoisotopic (exact) mass is 1510 g/mol. The van der Waals surface area contributed by atoms with E-state index in [1.165, 1.54) is 34.4 Å². The number of nitrogens with zero attached hydrogens (tertiary/aromatic N) is 12. The minimum absolute atomic E-state index is 0. The molecule has 0 amide bonds. The van der Waals surface area contributed by atoms with Gasteiger partial charge in [-0.1, -0.05) is 27.1 Å². The van der Waals surface area contributed by atoms with E-state index in [9.17, 15) is 39.0 Å². The smallest absolute Gasteiger partial charge is 0.386 e. The fourth-order valence-corrected chi connectivity index (χ4v) is 18.8. The van der Waals surface area contributed by atoms with Crippen molar-refractivity contribution in [2.45, 2.75) is 115 Å². The molecule has 4 unspecified atom stereocenters. The third-order valence-electron chi connectivity index (χ3n) is 15.4. The summed E-state index contributed by atoms with van der Waals surface area (Å²) < 4.78 is 127. The summed E-state index contributed by atoms with van der Waals surface area (Å²) in [6.45, 7) is -16.9. The molecule has 0 radical (unpaired) electrons. The topological polar surface area (TPSA) is 486 Å². The third kappa shape index (κ3) is 13.7. The van der Waals surface area contributed by atoms with Gasteiger partial charge in [-0.05, 0) is 72.3 Å². The number of nitrogen functional groups attached to an aromatic ring is 2. The van der Waals surface area contributed by atoms with Crippen molar-refractivity contribution in [3.8, 4) is 0 Å². The zero-order chi connectivity index (χ0) is 65.1. The number of H-pyrrole nitrogens is 2. The Balaban J connectivity index is 0.000000188. The number of aryl methyl sites for hydroxylation is 2. The molecule has 20 atom stereocenters. The summed E-state index contributed by atoms with van der Waals surface area (Å²) in [6.07, 6.45) is -14.2. The molecule has 0 aliphatic carbocycles. The van der Waals surface area contributed by atoms with Crippen LogP contribution in [-0.2, 0) is 95.1 Å². The van der Waals surface area contributed by atoms with Crippen molar-refractivity contribution in [3.05, 3.63) is 67.4 Å². The highest BCUT2D eigenvalue weighted by atomic mass is 32.7. The van der Waals surface area contributed by atoms with Crippen molar-refractivity contribution >= 4 is 154 Å². The molecule has 0 saturated carbocycles. The molecule has 512 valence electrons. The summed E-state index contributed by atoms with van der Waals surface area (Å²) in [5.41, 5.74) is 12.1. The molecule has 6 fully saturated rings. The van der Waals surface area contributed by atoms with Gasteiger partial charge < -0.3 is 83.4 Å². The van der Waals surface area contributed by atoms with Gasteiger partial charge in [-0.25, -0.2) is 53.2 Å². The van der Waals surface area contributed by atoms with E-state index in [0.29, 0.717) is 21.4 Å². The second-order valence-corrected chi connectivity index (χ2v) is 34.1. The van der Waals surface area contributed by atoms with E-state index in [1.807, 2.05) is 0 Å². The average Bonchev–Trinajstić information content (AvgIpc) is 1.62. The van der Waals surface area contributed by atoms with Crippen LogP contribution in [0.2, 0.25) is 0 Å². The predicted octanol–water partition coefficient (Wildman–Crippen LogP) is 3.38. The number of anilines is 2. The zero-order valence-corrected chi connectivity index (χ0v) is 55.3. The van der Waals surface area contributed by atoms with Crippen LogP contribution in [-0.4, -0.2) is 193 Å². The van der Waals surface area contributed by atoms with Crippen LogP contribution in [0.3, 0.4) is 0 Å². The van der Waals surface area contributed by atoms with Gasteiger partial charge in [0.05, 0.1) is 74.3 Å². The second kappa shape index (κ2) is 27.6. The van der Waals surface area contributed by atoms with Crippen molar-refractivity contribution in [2.75, 3.05) is 51.1 Å². The fraction of sp³-hybridized carbons (Fsp3) is 0.565. The lowest BCUT2D eigenvalue weighted by molar-refractivity contribution is -0.0482. The average molecular weight is 1510 g/mol. The second-order valence-electron chi connectivity index (χ2n) is 21.2. The number of ether oxygens (including phenoxy) is 4. The van der Waals surface area contributed by atoms with Crippen molar-refractivity contribution < 1.29 is 93.4 Å². The number of hydrogen-bond donors (Lipinski definition) is 10. The van der Waals surface area contributed by atoms with E-state index in [0.717, 1.165) is 23.1 Å². The van der Waals surface area contributed by atoms with E-state index < -0.39 is 175 Å². The summed E-state index contributed by atoms with van der Waals surface area (Å²) in [6, 6.07) is 0. The molecule has 14 rings (SSSR count). The van der Waals surface area contributed by atoms with E-state index in [4.69, 9.17) is 102 Å². The molecule has 48 heteroatoms. The van der Waals surface area contributed by atoms with Crippen LogP contribution in [0.4, 0.5) is 20.4 Å². The third-order valence-corrected chi connectivity index (χ3v) is 23.5. The van der Waals surface area contributed by atoms with Gasteiger partial charge in [0.1, 0.15) is 95.2 Å². The molecule has 94 heavy (non-hydrogen) atoms. The Morgan fingerprint density at radius 3 is 1.38 bits per heavy atom. The number of aromatic nitrogens is 14. The van der Waals surface area contributed by atoms with Crippen molar-refractivity contribution in [1.29, 1.82) is 0 Å². The van der Waals surface area contributed by atoms with Crippen molar-refractivity contribution in [1.82, 2.24) is 67.7 Å². The highest BCUT2D eigenvalue weighted by molar-refractivity contribution is 8.44. The lowest BCUT2D eigenvalue weighted by Gasteiger charge is -2.27. The molecule has 6 aliphatic rings. The van der Waals surface area contributed by atoms with Gasteiger partial charge in [0.25, 0.3) is 11.1 Å². The first-order valence-corrected chi connectivity index (χ1v) is 39.1. The molecule has 6 saturated heterocycles. The molecular formula is C46H58F2N16O20P4S6. The van der Waals surface area contributed by atoms with Crippen LogP contribution in [0.1, 0.15) is 60.9 Å². The van der Waals surface area contributed by atoms with Crippen LogP contribution in [0.25, 0.3) is 44.4 Å². The Labute approximate surface area is 556 Å². The lowest BCUT2D eigenvalue weighted by atomic mass is 9.96. The van der Waals surface area contributed by atoms with Crippen LogP contribution in [0, 0.1) is 25.7 Å². The zero-order valence-electron chi connectivity index (χ0n) is 46.7. The molecule has 8 aromatic heterocycles. The van der Waals surface area contributed by atoms with Gasteiger partial charge in [0, 0.05) is 11.8 Å². The number of alkyl halides is 2. The first-order chi connectivity index (χ1) is 43.7. The first-order valence-electron chi connectivity index (χ1n) is 27.0. The lowest BCUT2D eigenvalue weighted by Crippen LogP contribution is -2.34. The number of imidazole rings is 2. The fourth-order valence-electron chi connectivity index (χ4n) is 11.3. The van der Waals surface area contributed by atoms with Gasteiger partial charge in [-0.2, -0.15) is 8.75 Å². The Morgan fingerprint density at radius 2 is 0.968 bits per heavy atom. The number of nitrogens with one attached hydrogen (secondary N) is 2. The van der Waals surface area contributed by atoms with Gasteiger partial charge in [-0.15, -0.1) is 0 Å². The number of nitrogens with two attached hydrogens (primary N) is 2. The number of hydrogen-bond acceptors (Lipinski definition) is 34. The van der Waals surface area contributed by atoms with Crippen molar-refractivity contribution in [3.63, 3.8) is 0 Å². The number of fused-ring (bicyclic) bond motifs is 10. The first kappa shape index (κ1) is 71.2. The normalized spacial score (nSPS) is 36.4. The Kier molecular flexibility index (Phi) is 20.9. The number of aliphatic hydroxyl groups is 2. The number of aliphatic hydroxyl groups excluding tert-OH is 2. The van der Waals surface area contributed by atoms with Crippen LogP contribution < -0.4 is 22.6 Å². The molecule has 4 bridgehead atoms. The number of thiol groups is 1. The Hall–Kier alpha value is -4.05. The Bertz CT molecular complexity index is 4210. The minimum Gasteiger partial charge on any atom is -0.396 e. The minimum atomic E-state index is -4.33. The van der Waals surface area contributed by atoms with Crippen LogP contribution >= 0.6 is 62.3 Å². The van der Waals surface area contributed by atoms with Gasteiger partial charge in [-0.3, -0.25) is 36.8 Å². The maximum absolute atomic E-state index is 16.1. The van der Waals surface area contributed by atoms with Gasteiger partial charge >= 0.3 is 27.0 Å². The van der Waals surface area contributed by atoms with E-state index in [2.05, 4.69) is 70.8 Å². The molecular weight excluding hydrogens is 1450 g/mol. The molecule has 6 aliphatic heterocycles. The molecule has 0 aromatic carbocycles. The van der Waals surface area contributed by atoms with E-state index >= 15 is 8.78 Å². The Morgan fingerprint density at radius 1 is 0.585 bits per heavy atom. The van der Waals surface area contributed by atoms with Crippen molar-refractivity contribution in [2.24, 2.45) is 11.8 Å². The maximum Gasteiger partial charge on any atom is 0.386 e. The SMILES string of the molecule is C.C.Cc1nc2c([C@@H]3O[C@@H]4COP(O)(=S)O[C@H]5[C@@H](F)[C@H](n6cnc7c(N)ncnc76)O[C@@H]5COP(=O)(S)O[C@@H]3[C@@H]4CO)snc2c(=O)[nH]1.Cc1nc2c([C@@H]3O[C@@H]4COP(O)(=S)O[C@H]5[C@@H](F)[C@H](n6cnc7c(N)ncnc76)O[C@@H]5COP(O)(=S)O[C@@H]3[C@@H]4CO)snc2c(=O)[nH]1. The van der Waals surface area contributed by atoms with Gasteiger partial charge in [0.15, 0.2) is 58.8 Å². The standard InChI is InChI=1S/2C22H25FN8O10P2S3.2CH4/c2*1-7-28-12-13(21(33)29-7)30-46-18(12)17-15-8(2-32)9(38-17)3-36-43(35,45)41-16-10(4-37-42(34,44)40-15)39-22(11(16)23)31-6-27-14-19(24)25-5-26-20(14)31;;/h2*5-6,8-11,15-17,22,32H,2-4H2,1H3,(H,34,44)(H,35,45)(H2,24,25,26)(H,28,29,33);2*1H4/t2*8-,9-,10-,11-,15-,16-,17-,22-,42?,43?;;/m11../s1. The summed E-state index contributed by atoms with van der Waals surface area (Å²) in [5.74, 6) is -1.07. The van der Waals surface area contributed by atoms with E-state index in [-0.39, 0.29) is 70.9 Å². The van der Waals surface area contributed by atoms with Gasteiger partial charge in [0.2, 0.25) is 0 Å².